The molecule has 0 saturated carbocycles. The van der Waals surface area contributed by atoms with Crippen LogP contribution in [0.3, 0.4) is 0 Å². The molecule has 3 rings (SSSR count). The first kappa shape index (κ1) is 13.3. The number of hydrogen-bond donors (Lipinski definition) is 1. The van der Waals surface area contributed by atoms with Gasteiger partial charge in [0.15, 0.2) is 0 Å². The molecule has 106 valence electrons. The van der Waals surface area contributed by atoms with Gasteiger partial charge in [-0.1, -0.05) is 0 Å². The lowest BCUT2D eigenvalue weighted by Gasteiger charge is -2.35. The minimum atomic E-state index is 0.163. The summed E-state index contributed by atoms with van der Waals surface area (Å²) in [6.45, 7) is 3.54. The van der Waals surface area contributed by atoms with Crippen LogP contribution in [0.5, 0.6) is 0 Å². The van der Waals surface area contributed by atoms with E-state index in [0.717, 1.165) is 42.2 Å². The van der Waals surface area contributed by atoms with Crippen LogP contribution in [0.2, 0.25) is 0 Å². The van der Waals surface area contributed by atoms with Crippen LogP contribution in [0.4, 0.5) is 5.82 Å². The van der Waals surface area contributed by atoms with Crippen LogP contribution in [0.1, 0.15) is 0 Å². The van der Waals surface area contributed by atoms with Gasteiger partial charge < -0.3 is 15.1 Å². The highest BCUT2D eigenvalue weighted by Gasteiger charge is 2.22. The molecule has 1 N–H and O–H groups in total. The zero-order chi connectivity index (χ0) is 13.9. The van der Waals surface area contributed by atoms with Crippen LogP contribution in [-0.2, 0) is 4.79 Å². The van der Waals surface area contributed by atoms with E-state index in [1.165, 1.54) is 0 Å². The molecular formula is C13H17N5OS. The predicted octanol–water partition coefficient (Wildman–Crippen LogP) is 0.559. The number of piperazine rings is 1. The topological polar surface area (TPSA) is 61.4 Å². The lowest BCUT2D eigenvalue weighted by Crippen LogP contribution is -2.50. The van der Waals surface area contributed by atoms with Crippen LogP contribution in [0, 0.1) is 0 Å². The fourth-order valence-electron chi connectivity index (χ4n) is 2.43. The maximum atomic E-state index is 11.8. The number of nitrogens with zero attached hydrogens (tertiary/aromatic N) is 4. The van der Waals surface area contributed by atoms with Crippen molar-refractivity contribution in [1.82, 2.24) is 20.2 Å². The molecule has 1 fully saturated rings. The summed E-state index contributed by atoms with van der Waals surface area (Å²) in [6.07, 6.45) is 1.61. The molecule has 0 bridgehead atoms. The SMILES string of the molecule is CNCC(=O)N1CCN(c2ncnc3ccsc23)CC1. The fraction of sp³-hybridized carbons (Fsp3) is 0.462. The van der Waals surface area contributed by atoms with Crippen LogP contribution < -0.4 is 10.2 Å². The van der Waals surface area contributed by atoms with Gasteiger partial charge in [-0.3, -0.25) is 4.79 Å². The van der Waals surface area contributed by atoms with Crippen molar-refractivity contribution in [2.75, 3.05) is 44.7 Å². The van der Waals surface area contributed by atoms with Gasteiger partial charge in [-0.2, -0.15) is 0 Å². The maximum Gasteiger partial charge on any atom is 0.236 e. The van der Waals surface area contributed by atoms with E-state index >= 15 is 0 Å². The zero-order valence-electron chi connectivity index (χ0n) is 11.4. The summed E-state index contributed by atoms with van der Waals surface area (Å²) < 4.78 is 1.13. The van der Waals surface area contributed by atoms with E-state index < -0.39 is 0 Å². The molecule has 1 amide bonds. The Hall–Kier alpha value is -1.73. The first-order valence-electron chi connectivity index (χ1n) is 6.65. The van der Waals surface area contributed by atoms with Gasteiger partial charge in [0.25, 0.3) is 0 Å². The molecule has 6 nitrogen and oxygen atoms in total. The number of hydrogen-bond acceptors (Lipinski definition) is 6. The Morgan fingerprint density at radius 1 is 1.35 bits per heavy atom. The average molecular weight is 291 g/mol. The van der Waals surface area contributed by atoms with Crippen LogP contribution in [0.25, 0.3) is 10.2 Å². The van der Waals surface area contributed by atoms with Gasteiger partial charge in [-0.05, 0) is 18.5 Å². The summed E-state index contributed by atoms with van der Waals surface area (Å²) in [5.74, 6) is 1.15. The average Bonchev–Trinajstić information content (AvgIpc) is 2.96. The van der Waals surface area contributed by atoms with Crippen molar-refractivity contribution in [3.05, 3.63) is 17.8 Å². The van der Waals surface area contributed by atoms with E-state index in [4.69, 9.17) is 0 Å². The summed E-state index contributed by atoms with van der Waals surface area (Å²) in [7, 11) is 1.79. The molecule has 7 heteroatoms. The highest BCUT2D eigenvalue weighted by Crippen LogP contribution is 2.28. The summed E-state index contributed by atoms with van der Waals surface area (Å²) in [5.41, 5.74) is 0.994. The van der Waals surface area contributed by atoms with Gasteiger partial charge >= 0.3 is 0 Å². The number of fused-ring (bicyclic) bond motifs is 1. The molecule has 1 aliphatic rings. The van der Waals surface area contributed by atoms with Crippen LogP contribution in [-0.4, -0.2) is 60.5 Å². The summed E-state index contributed by atoms with van der Waals surface area (Å²) in [4.78, 5) is 24.7. The van der Waals surface area contributed by atoms with Crippen molar-refractivity contribution in [3.8, 4) is 0 Å². The number of anilines is 1. The van der Waals surface area contributed by atoms with Gasteiger partial charge in [0.05, 0.1) is 16.8 Å². The van der Waals surface area contributed by atoms with Crippen LogP contribution in [0.15, 0.2) is 17.8 Å². The predicted molar refractivity (Wildman–Crippen MR) is 80.1 cm³/mol. The van der Waals surface area contributed by atoms with Crippen molar-refractivity contribution >= 4 is 33.3 Å². The highest BCUT2D eigenvalue weighted by molar-refractivity contribution is 7.17. The van der Waals surface area contributed by atoms with Crippen LogP contribution >= 0.6 is 11.3 Å². The molecule has 0 unspecified atom stereocenters. The molecular weight excluding hydrogens is 274 g/mol. The Kier molecular flexibility index (Phi) is 3.79. The van der Waals surface area contributed by atoms with E-state index in [1.807, 2.05) is 16.3 Å². The number of carbonyl (C=O) groups is 1. The molecule has 0 aliphatic carbocycles. The summed E-state index contributed by atoms with van der Waals surface area (Å²) in [5, 5.41) is 4.94. The number of thiophene rings is 1. The molecule has 2 aromatic heterocycles. The molecule has 1 saturated heterocycles. The number of rotatable bonds is 3. The number of amides is 1. The van der Waals surface area contributed by atoms with Crippen molar-refractivity contribution in [1.29, 1.82) is 0 Å². The first-order chi connectivity index (χ1) is 9.79. The fourth-order valence-corrected chi connectivity index (χ4v) is 3.29. The second kappa shape index (κ2) is 5.72. The van der Waals surface area contributed by atoms with Gasteiger partial charge in [0, 0.05) is 26.2 Å². The van der Waals surface area contributed by atoms with E-state index in [1.54, 1.807) is 24.7 Å². The van der Waals surface area contributed by atoms with Crippen molar-refractivity contribution in [2.24, 2.45) is 0 Å². The second-order valence-electron chi connectivity index (χ2n) is 4.73. The quantitative estimate of drug-likeness (QED) is 0.895. The molecule has 0 spiro atoms. The number of likely N-dealkylation sites (N-methyl/N-ethyl adjacent to an activating group) is 1. The van der Waals surface area contributed by atoms with E-state index in [-0.39, 0.29) is 5.91 Å². The maximum absolute atomic E-state index is 11.8. The standard InChI is InChI=1S/C13H17N5OS/c1-14-8-11(19)17-3-5-18(6-4-17)13-12-10(2-7-20-12)15-9-16-13/h2,7,9,14H,3-6,8H2,1H3. The zero-order valence-corrected chi connectivity index (χ0v) is 12.2. The van der Waals surface area contributed by atoms with Gasteiger partial charge in [-0.25, -0.2) is 9.97 Å². The second-order valence-corrected chi connectivity index (χ2v) is 5.65. The van der Waals surface area contributed by atoms with E-state index in [2.05, 4.69) is 20.2 Å². The summed E-state index contributed by atoms with van der Waals surface area (Å²) >= 11 is 1.67. The molecule has 2 aromatic rings. The molecule has 20 heavy (non-hydrogen) atoms. The monoisotopic (exact) mass is 291 g/mol. The Labute approximate surface area is 121 Å². The summed E-state index contributed by atoms with van der Waals surface area (Å²) in [6, 6.07) is 2.01. The molecule has 0 atom stereocenters. The number of aromatic nitrogens is 2. The van der Waals surface area contributed by atoms with Gasteiger partial charge in [-0.15, -0.1) is 11.3 Å². The Morgan fingerprint density at radius 2 is 2.15 bits per heavy atom. The normalized spacial score (nSPS) is 15.8. The Bertz CT molecular complexity index is 606. The molecule has 1 aliphatic heterocycles. The Balaban J connectivity index is 1.72. The molecule has 0 aromatic carbocycles. The third-order valence-corrected chi connectivity index (χ3v) is 4.38. The first-order valence-corrected chi connectivity index (χ1v) is 7.53. The van der Waals surface area contributed by atoms with E-state index in [0.29, 0.717) is 6.54 Å². The van der Waals surface area contributed by atoms with Crippen molar-refractivity contribution < 1.29 is 4.79 Å². The number of nitrogens with one attached hydrogen (secondary N) is 1. The minimum absolute atomic E-state index is 0.163. The highest BCUT2D eigenvalue weighted by atomic mass is 32.1. The molecule has 3 heterocycles. The van der Waals surface area contributed by atoms with E-state index in [9.17, 15) is 4.79 Å². The smallest absolute Gasteiger partial charge is 0.236 e. The Morgan fingerprint density at radius 3 is 2.90 bits per heavy atom. The van der Waals surface area contributed by atoms with Crippen molar-refractivity contribution in [3.63, 3.8) is 0 Å². The number of carbonyl (C=O) groups excluding carboxylic acids is 1. The minimum Gasteiger partial charge on any atom is -0.352 e. The van der Waals surface area contributed by atoms with Gasteiger partial charge in [0.1, 0.15) is 12.1 Å². The van der Waals surface area contributed by atoms with Crippen molar-refractivity contribution in [2.45, 2.75) is 0 Å². The van der Waals surface area contributed by atoms with Gasteiger partial charge in [0.2, 0.25) is 5.91 Å². The third kappa shape index (κ3) is 2.46. The largest absolute Gasteiger partial charge is 0.352 e. The lowest BCUT2D eigenvalue weighted by atomic mass is 10.3. The third-order valence-electron chi connectivity index (χ3n) is 3.48. The lowest BCUT2D eigenvalue weighted by molar-refractivity contribution is -0.130. The molecule has 0 radical (unpaired) electrons.